The van der Waals surface area contributed by atoms with Crippen LogP contribution < -0.4 is 9.80 Å². The van der Waals surface area contributed by atoms with Gasteiger partial charge in [-0.3, -0.25) is 0 Å². The average Bonchev–Trinajstić information content (AvgIpc) is 4.17. The zero-order chi connectivity index (χ0) is 48.3. The van der Waals surface area contributed by atoms with Crippen LogP contribution in [0.2, 0.25) is 0 Å². The van der Waals surface area contributed by atoms with Crippen molar-refractivity contribution in [2.24, 2.45) is 0 Å². The van der Waals surface area contributed by atoms with Crippen LogP contribution in [0, 0.1) is 23.7 Å². The van der Waals surface area contributed by atoms with Crippen molar-refractivity contribution in [3.8, 4) is 45.9 Å². The summed E-state index contributed by atoms with van der Waals surface area (Å²) in [5.74, 6) is 13.0. The molecule has 2 heterocycles. The molecular weight excluding hydrogens is 917 g/mol. The number of para-hydroxylation sites is 4. The lowest BCUT2D eigenvalue weighted by Gasteiger charge is -2.25. The molecule has 0 saturated carbocycles. The van der Waals surface area contributed by atoms with E-state index < -0.39 is 0 Å². The number of anilines is 6. The number of hydrogen-bond acceptors (Lipinski definition) is 8. The first-order valence-corrected chi connectivity index (χ1v) is 24.9. The van der Waals surface area contributed by atoms with Gasteiger partial charge in [-0.1, -0.05) is 169 Å². The molecule has 72 heavy (non-hydrogen) atoms. The van der Waals surface area contributed by atoms with Crippen LogP contribution in [0.15, 0.2) is 255 Å². The van der Waals surface area contributed by atoms with Crippen molar-refractivity contribution in [1.29, 1.82) is 0 Å². The molecule has 340 valence electrons. The lowest BCUT2D eigenvalue weighted by Crippen LogP contribution is -2.09. The van der Waals surface area contributed by atoms with E-state index in [2.05, 4.69) is 209 Å². The first kappa shape index (κ1) is 45.0. The molecule has 0 unspecified atom stereocenters. The Hall–Kier alpha value is -9.44. The first-order chi connectivity index (χ1) is 35.7. The highest BCUT2D eigenvalue weighted by molar-refractivity contribution is 7.00. The monoisotopic (exact) mass is 958 g/mol. The Morgan fingerprint density at radius 1 is 0.250 bits per heavy atom. The maximum absolute atomic E-state index is 4.62. The van der Waals surface area contributed by atoms with E-state index in [4.69, 9.17) is 0 Å². The molecule has 0 fully saturated rings. The minimum atomic E-state index is 0.847. The molecule has 8 heteroatoms. The molecule has 0 spiro atoms. The molecule has 0 atom stereocenters. The predicted octanol–water partition coefficient (Wildman–Crippen LogP) is 16.5. The van der Waals surface area contributed by atoms with Gasteiger partial charge in [0.2, 0.25) is 0 Å². The molecule has 12 rings (SSSR count). The highest BCUT2D eigenvalue weighted by atomic mass is 32.1. The van der Waals surface area contributed by atoms with E-state index in [9.17, 15) is 0 Å². The Labute approximate surface area is 427 Å². The van der Waals surface area contributed by atoms with Crippen molar-refractivity contribution < 1.29 is 0 Å². The van der Waals surface area contributed by atoms with Crippen molar-refractivity contribution in [2.45, 2.75) is 0 Å². The minimum Gasteiger partial charge on any atom is -0.311 e. The lowest BCUT2D eigenvalue weighted by atomic mass is 10.0. The molecule has 2 aromatic heterocycles. The fourth-order valence-electron chi connectivity index (χ4n) is 8.51. The molecule has 0 radical (unpaired) electrons. The van der Waals surface area contributed by atoms with Gasteiger partial charge >= 0.3 is 0 Å². The van der Waals surface area contributed by atoms with Crippen LogP contribution in [0.25, 0.3) is 44.3 Å². The first-order valence-electron chi connectivity index (χ1n) is 23.4. The van der Waals surface area contributed by atoms with Crippen LogP contribution >= 0.6 is 23.5 Å². The number of fused-ring (bicyclic) bond motifs is 2. The van der Waals surface area contributed by atoms with Gasteiger partial charge < -0.3 is 9.80 Å². The van der Waals surface area contributed by atoms with E-state index in [0.29, 0.717) is 0 Å². The van der Waals surface area contributed by atoms with Crippen molar-refractivity contribution in [3.63, 3.8) is 0 Å². The number of nitrogens with zero attached hydrogens (tertiary/aromatic N) is 6. The van der Waals surface area contributed by atoms with Crippen LogP contribution in [-0.4, -0.2) is 17.5 Å². The Balaban J connectivity index is 0.000000156. The predicted molar refractivity (Wildman–Crippen MR) is 300 cm³/mol. The SMILES string of the molecule is C(#Cc1ccc(-c2ccc(N(c3ccccc3)c3ccccc3)cc2)c2nsnc12)c1ccccc1.C(#Cc1ccc(-c2ccc(N(c3ccccc3)c3ccccc3)cc2)c2nsnc12)c1ccccc1. The molecule has 0 amide bonds. The van der Waals surface area contributed by atoms with E-state index in [1.54, 1.807) is 0 Å². The summed E-state index contributed by atoms with van der Waals surface area (Å²) in [4.78, 5) is 4.51. The number of rotatable bonds is 8. The maximum atomic E-state index is 4.62. The van der Waals surface area contributed by atoms with Gasteiger partial charge in [0.05, 0.1) is 34.6 Å². The number of aromatic nitrogens is 4. The smallest absolute Gasteiger partial charge is 0.121 e. The number of hydrogen-bond donors (Lipinski definition) is 0. The fourth-order valence-corrected chi connectivity index (χ4v) is 9.65. The molecule has 6 nitrogen and oxygen atoms in total. The number of benzene rings is 10. The van der Waals surface area contributed by atoms with Crippen molar-refractivity contribution >= 4 is 79.6 Å². The second kappa shape index (κ2) is 21.5. The largest absolute Gasteiger partial charge is 0.311 e. The molecule has 0 aliphatic rings. The Kier molecular flexibility index (Phi) is 13.4. The molecule has 0 aliphatic heterocycles. The van der Waals surface area contributed by atoms with Gasteiger partial charge in [0, 0.05) is 56.4 Å². The van der Waals surface area contributed by atoms with Gasteiger partial charge in [0.15, 0.2) is 0 Å². The summed E-state index contributed by atoms with van der Waals surface area (Å²) in [7, 11) is 0. The summed E-state index contributed by atoms with van der Waals surface area (Å²) in [6.45, 7) is 0. The third-order valence-electron chi connectivity index (χ3n) is 12.0. The van der Waals surface area contributed by atoms with Crippen molar-refractivity contribution in [1.82, 2.24) is 17.5 Å². The molecule has 0 saturated heterocycles. The van der Waals surface area contributed by atoms with Gasteiger partial charge in [-0.15, -0.1) is 0 Å². The molecule has 10 aromatic carbocycles. The standard InChI is InChI=1S/2C32H21N3S/c2*1-4-10-24(11-5-1)16-17-26-20-23-30(32-31(26)33-36-34-32)25-18-21-29(22-19-25)35(27-12-6-2-7-13-27)28-14-8-3-9-15-28/h2*1-15,18-23H. The fraction of sp³-hybridized carbons (Fsp3) is 0. The van der Waals surface area contributed by atoms with E-state index >= 15 is 0 Å². The molecule has 0 aliphatic carbocycles. The Bertz CT molecular complexity index is 3510. The topological polar surface area (TPSA) is 58.0 Å². The third-order valence-corrected chi connectivity index (χ3v) is 13.0. The van der Waals surface area contributed by atoms with Gasteiger partial charge in [0.25, 0.3) is 0 Å². The van der Waals surface area contributed by atoms with Gasteiger partial charge in [-0.05, 0) is 120 Å². The van der Waals surface area contributed by atoms with Crippen molar-refractivity contribution in [2.75, 3.05) is 9.80 Å². The van der Waals surface area contributed by atoms with E-state index in [1.165, 1.54) is 23.5 Å². The molecule has 0 bridgehead atoms. The minimum absolute atomic E-state index is 0.847. The van der Waals surface area contributed by atoms with E-state index in [0.717, 1.165) is 101 Å². The Morgan fingerprint density at radius 3 is 0.847 bits per heavy atom. The van der Waals surface area contributed by atoms with Crippen molar-refractivity contribution in [3.05, 3.63) is 277 Å². The highest BCUT2D eigenvalue weighted by Gasteiger charge is 2.17. The van der Waals surface area contributed by atoms with Crippen LogP contribution in [-0.2, 0) is 0 Å². The normalized spacial score (nSPS) is 10.6. The lowest BCUT2D eigenvalue weighted by molar-refractivity contribution is 1.28. The van der Waals surface area contributed by atoms with E-state index in [-0.39, 0.29) is 0 Å². The summed E-state index contributed by atoms with van der Waals surface area (Å²) in [6.07, 6.45) is 0. The van der Waals surface area contributed by atoms with Gasteiger partial charge in [-0.25, -0.2) is 0 Å². The second-order valence-corrected chi connectivity index (χ2v) is 17.6. The quantitative estimate of drug-likeness (QED) is 0.141. The summed E-state index contributed by atoms with van der Waals surface area (Å²) >= 11 is 2.45. The van der Waals surface area contributed by atoms with Gasteiger partial charge in [-0.2, -0.15) is 17.5 Å². The van der Waals surface area contributed by atoms with Gasteiger partial charge in [0.1, 0.15) is 22.1 Å². The van der Waals surface area contributed by atoms with Crippen LogP contribution in [0.5, 0.6) is 0 Å². The Morgan fingerprint density at radius 2 is 0.528 bits per heavy atom. The summed E-state index contributed by atoms with van der Waals surface area (Å²) in [5, 5.41) is 0. The zero-order valence-corrected chi connectivity index (χ0v) is 40.4. The molecule has 0 N–H and O–H groups in total. The third kappa shape index (κ3) is 10.0. The summed E-state index contributed by atoms with van der Waals surface area (Å²) in [6, 6.07) is 87.2. The maximum Gasteiger partial charge on any atom is 0.121 e. The molecular formula is C64H42N6S2. The summed E-state index contributed by atoms with van der Waals surface area (Å²) in [5.41, 5.74) is 18.2. The second-order valence-electron chi connectivity index (χ2n) is 16.6. The van der Waals surface area contributed by atoms with Crippen LogP contribution in [0.4, 0.5) is 34.1 Å². The zero-order valence-electron chi connectivity index (χ0n) is 38.7. The average molecular weight is 959 g/mol. The van der Waals surface area contributed by atoms with Crippen LogP contribution in [0.3, 0.4) is 0 Å². The summed E-state index contributed by atoms with van der Waals surface area (Å²) < 4.78 is 18.4. The van der Waals surface area contributed by atoms with Crippen LogP contribution in [0.1, 0.15) is 22.3 Å². The highest BCUT2D eigenvalue weighted by Crippen LogP contribution is 2.39. The van der Waals surface area contributed by atoms with E-state index in [1.807, 2.05) is 97.1 Å². The molecule has 12 aromatic rings.